The Bertz CT molecular complexity index is 1620. The molecule has 186 valence electrons. The lowest BCUT2D eigenvalue weighted by Crippen LogP contribution is -2.12. The SMILES string of the molecule is CCc1cc(OCC(=O)O)c2c3c(C(N)=O)cccc3n(Cc3cccc(Oc4ccccc4)c3)c2c1. The highest BCUT2D eigenvalue weighted by Crippen LogP contribution is 2.39. The second-order valence-electron chi connectivity index (χ2n) is 8.74. The van der Waals surface area contributed by atoms with Gasteiger partial charge in [0.15, 0.2) is 6.61 Å². The van der Waals surface area contributed by atoms with Crippen LogP contribution in [0.3, 0.4) is 0 Å². The number of benzene rings is 4. The van der Waals surface area contributed by atoms with Gasteiger partial charge in [0.1, 0.15) is 17.2 Å². The standard InChI is InChI=1S/C30H26N2O5/c1-2-19-15-25-29(26(16-19)36-18-27(33)34)28-23(30(31)35)12-7-13-24(28)32(25)17-20-8-6-11-22(14-20)37-21-9-4-3-5-10-21/h3-16H,2,17-18H2,1H3,(H2,31,35)(H,33,34). The average molecular weight is 495 g/mol. The highest BCUT2D eigenvalue weighted by molar-refractivity contribution is 6.20. The van der Waals surface area contributed by atoms with Crippen LogP contribution in [0, 0.1) is 0 Å². The molecule has 3 N–H and O–H groups in total. The minimum Gasteiger partial charge on any atom is -0.481 e. The van der Waals surface area contributed by atoms with Crippen molar-refractivity contribution in [3.63, 3.8) is 0 Å². The second-order valence-corrected chi connectivity index (χ2v) is 8.74. The van der Waals surface area contributed by atoms with Crippen LogP contribution in [0.5, 0.6) is 17.2 Å². The van der Waals surface area contributed by atoms with E-state index >= 15 is 0 Å². The molecular weight excluding hydrogens is 468 g/mol. The Morgan fingerprint density at radius 1 is 0.838 bits per heavy atom. The number of hydrogen-bond acceptors (Lipinski definition) is 4. The molecule has 0 atom stereocenters. The normalized spacial score (nSPS) is 11.1. The van der Waals surface area contributed by atoms with Crippen molar-refractivity contribution in [1.29, 1.82) is 0 Å². The molecule has 0 unspecified atom stereocenters. The first kappa shape index (κ1) is 23.9. The Hall–Kier alpha value is -4.78. The fraction of sp³-hybridized carbons (Fsp3) is 0.133. The van der Waals surface area contributed by atoms with Crippen molar-refractivity contribution in [1.82, 2.24) is 4.57 Å². The van der Waals surface area contributed by atoms with Crippen molar-refractivity contribution in [3.8, 4) is 17.2 Å². The Kier molecular flexibility index (Phi) is 6.51. The van der Waals surface area contributed by atoms with Gasteiger partial charge in [-0.05, 0) is 66.1 Å². The summed E-state index contributed by atoms with van der Waals surface area (Å²) in [4.78, 5) is 23.7. The predicted molar refractivity (Wildman–Crippen MR) is 143 cm³/mol. The van der Waals surface area contributed by atoms with Gasteiger partial charge < -0.3 is 24.9 Å². The van der Waals surface area contributed by atoms with E-state index in [4.69, 9.17) is 15.2 Å². The van der Waals surface area contributed by atoms with Crippen LogP contribution in [0.25, 0.3) is 21.8 Å². The lowest BCUT2D eigenvalue weighted by atomic mass is 10.0. The number of fused-ring (bicyclic) bond motifs is 3. The number of aliphatic carboxylic acids is 1. The molecule has 0 saturated carbocycles. The Labute approximate surface area is 213 Å². The van der Waals surface area contributed by atoms with E-state index in [0.717, 1.165) is 34.3 Å². The van der Waals surface area contributed by atoms with Gasteiger partial charge in [-0.3, -0.25) is 4.79 Å². The molecule has 4 aromatic carbocycles. The molecule has 1 heterocycles. The molecule has 0 spiro atoms. The van der Waals surface area contributed by atoms with E-state index in [9.17, 15) is 14.7 Å². The van der Waals surface area contributed by atoms with E-state index in [1.807, 2.05) is 73.7 Å². The van der Waals surface area contributed by atoms with Gasteiger partial charge in [-0.15, -0.1) is 0 Å². The zero-order valence-electron chi connectivity index (χ0n) is 20.3. The summed E-state index contributed by atoms with van der Waals surface area (Å²) in [5, 5.41) is 10.6. The summed E-state index contributed by atoms with van der Waals surface area (Å²) >= 11 is 0. The molecule has 0 bridgehead atoms. The molecule has 0 saturated heterocycles. The van der Waals surface area contributed by atoms with Crippen LogP contribution in [0.4, 0.5) is 0 Å². The van der Waals surface area contributed by atoms with E-state index < -0.39 is 18.5 Å². The zero-order chi connectivity index (χ0) is 25.9. The third kappa shape index (κ3) is 4.84. The molecule has 0 aliphatic carbocycles. The Balaban J connectivity index is 1.68. The number of nitrogens with zero attached hydrogens (tertiary/aromatic N) is 1. The Morgan fingerprint density at radius 2 is 1.59 bits per heavy atom. The van der Waals surface area contributed by atoms with Crippen LogP contribution in [0.1, 0.15) is 28.4 Å². The van der Waals surface area contributed by atoms with Gasteiger partial charge in [0.25, 0.3) is 0 Å². The van der Waals surface area contributed by atoms with E-state index in [-0.39, 0.29) is 0 Å². The number of carboxylic acid groups (broad SMARTS) is 1. The van der Waals surface area contributed by atoms with Crippen molar-refractivity contribution >= 4 is 33.7 Å². The smallest absolute Gasteiger partial charge is 0.341 e. The molecule has 1 amide bonds. The summed E-state index contributed by atoms with van der Waals surface area (Å²) in [7, 11) is 0. The molecular formula is C30H26N2O5. The van der Waals surface area contributed by atoms with E-state index in [0.29, 0.717) is 34.4 Å². The lowest BCUT2D eigenvalue weighted by Gasteiger charge is -2.12. The number of ether oxygens (including phenoxy) is 2. The molecule has 5 rings (SSSR count). The highest BCUT2D eigenvalue weighted by Gasteiger charge is 2.21. The van der Waals surface area contributed by atoms with Gasteiger partial charge >= 0.3 is 5.97 Å². The average Bonchev–Trinajstić information content (AvgIpc) is 3.21. The lowest BCUT2D eigenvalue weighted by molar-refractivity contribution is -0.139. The van der Waals surface area contributed by atoms with Crippen LogP contribution in [-0.4, -0.2) is 28.2 Å². The first-order valence-corrected chi connectivity index (χ1v) is 12.0. The fourth-order valence-electron chi connectivity index (χ4n) is 4.63. The van der Waals surface area contributed by atoms with Crippen molar-refractivity contribution < 1.29 is 24.2 Å². The second kappa shape index (κ2) is 10.1. The summed E-state index contributed by atoms with van der Waals surface area (Å²) in [6.07, 6.45) is 0.726. The molecule has 5 aromatic rings. The number of hydrogen-bond donors (Lipinski definition) is 2. The molecule has 0 fully saturated rings. The van der Waals surface area contributed by atoms with Gasteiger partial charge in [0.2, 0.25) is 5.91 Å². The maximum atomic E-state index is 12.4. The van der Waals surface area contributed by atoms with Crippen LogP contribution in [0.15, 0.2) is 84.9 Å². The van der Waals surface area contributed by atoms with E-state index in [1.165, 1.54) is 0 Å². The first-order valence-electron chi connectivity index (χ1n) is 12.0. The largest absolute Gasteiger partial charge is 0.481 e. The highest BCUT2D eigenvalue weighted by atomic mass is 16.5. The number of rotatable bonds is 9. The monoisotopic (exact) mass is 494 g/mol. The topological polar surface area (TPSA) is 104 Å². The quantitative estimate of drug-likeness (QED) is 0.271. The van der Waals surface area contributed by atoms with Gasteiger partial charge in [-0.25, -0.2) is 4.79 Å². The third-order valence-electron chi connectivity index (χ3n) is 6.26. The maximum absolute atomic E-state index is 12.4. The third-order valence-corrected chi connectivity index (χ3v) is 6.26. The number of carbonyl (C=O) groups excluding carboxylic acids is 1. The van der Waals surface area contributed by atoms with Gasteiger partial charge in [-0.1, -0.05) is 43.3 Å². The summed E-state index contributed by atoms with van der Waals surface area (Å²) in [5.41, 5.74) is 9.72. The van der Waals surface area contributed by atoms with Crippen LogP contribution < -0.4 is 15.2 Å². The molecule has 7 heteroatoms. The van der Waals surface area contributed by atoms with Crippen molar-refractivity contribution in [2.75, 3.05) is 6.61 Å². The van der Waals surface area contributed by atoms with Crippen LogP contribution in [-0.2, 0) is 17.8 Å². The van der Waals surface area contributed by atoms with E-state index in [2.05, 4.69) is 10.6 Å². The van der Waals surface area contributed by atoms with Crippen LogP contribution >= 0.6 is 0 Å². The molecule has 1 aromatic heterocycles. The minimum atomic E-state index is -1.08. The van der Waals surface area contributed by atoms with Crippen molar-refractivity contribution in [3.05, 3.63) is 102 Å². The number of aryl methyl sites for hydroxylation is 1. The number of nitrogens with two attached hydrogens (primary N) is 1. The van der Waals surface area contributed by atoms with E-state index in [1.54, 1.807) is 12.1 Å². The Morgan fingerprint density at radius 3 is 2.32 bits per heavy atom. The number of primary amides is 1. The molecule has 0 radical (unpaired) electrons. The molecule has 7 nitrogen and oxygen atoms in total. The zero-order valence-corrected chi connectivity index (χ0v) is 20.3. The number of amides is 1. The molecule has 37 heavy (non-hydrogen) atoms. The number of carboxylic acids is 1. The summed E-state index contributed by atoms with van der Waals surface area (Å²) in [6, 6.07) is 26.7. The summed E-state index contributed by atoms with van der Waals surface area (Å²) in [6.45, 7) is 2.01. The predicted octanol–water partition coefficient (Wildman–Crippen LogP) is 5.76. The molecule has 0 aliphatic heterocycles. The number of para-hydroxylation sites is 1. The van der Waals surface area contributed by atoms with Crippen LogP contribution in [0.2, 0.25) is 0 Å². The van der Waals surface area contributed by atoms with Gasteiger partial charge in [0.05, 0.1) is 16.4 Å². The first-order chi connectivity index (χ1) is 17.9. The summed E-state index contributed by atoms with van der Waals surface area (Å²) < 4.78 is 13.9. The number of carbonyl (C=O) groups is 2. The van der Waals surface area contributed by atoms with Gasteiger partial charge in [-0.2, -0.15) is 0 Å². The molecule has 0 aliphatic rings. The fourth-order valence-corrected chi connectivity index (χ4v) is 4.63. The minimum absolute atomic E-state index is 0.354. The maximum Gasteiger partial charge on any atom is 0.341 e. The van der Waals surface area contributed by atoms with Crippen molar-refractivity contribution in [2.45, 2.75) is 19.9 Å². The van der Waals surface area contributed by atoms with Gasteiger partial charge in [0, 0.05) is 17.5 Å². The number of aromatic nitrogens is 1. The van der Waals surface area contributed by atoms with Crippen molar-refractivity contribution in [2.24, 2.45) is 5.73 Å². The summed E-state index contributed by atoms with van der Waals surface area (Å²) in [5.74, 6) is 0.226.